The molecule has 2 N–H and O–H groups in total. The predicted molar refractivity (Wildman–Crippen MR) is 55.7 cm³/mol. The molecule has 14 heavy (non-hydrogen) atoms. The molecule has 0 aliphatic rings. The van der Waals surface area contributed by atoms with Crippen molar-refractivity contribution in [1.29, 1.82) is 0 Å². The minimum Gasteiger partial charge on any atom is -0.325 e. The van der Waals surface area contributed by atoms with Gasteiger partial charge in [0.1, 0.15) is 0 Å². The Hall–Kier alpha value is -1.68. The van der Waals surface area contributed by atoms with Crippen LogP contribution in [0.25, 0.3) is 11.7 Å². The van der Waals surface area contributed by atoms with Crippen molar-refractivity contribution in [3.8, 4) is 0 Å². The highest BCUT2D eigenvalue weighted by Crippen LogP contribution is 2.04. The molecule has 0 saturated heterocycles. The molecule has 0 aliphatic heterocycles. The zero-order chi connectivity index (χ0) is 9.97. The van der Waals surface area contributed by atoms with E-state index in [9.17, 15) is 0 Å². The van der Waals surface area contributed by atoms with Crippen LogP contribution in [0, 0.1) is 0 Å². The molecule has 2 rings (SSSR count). The van der Waals surface area contributed by atoms with Crippen LogP contribution in [0.2, 0.25) is 0 Å². The van der Waals surface area contributed by atoms with Crippen LogP contribution in [0.1, 0.15) is 12.6 Å². The number of nitrogens with zero attached hydrogens (tertiary/aromatic N) is 3. The largest absolute Gasteiger partial charge is 0.325 e. The molecule has 0 bridgehead atoms. The Morgan fingerprint density at radius 3 is 3.14 bits per heavy atom. The molecule has 0 saturated carbocycles. The Bertz CT molecular complexity index is 423. The molecule has 0 radical (unpaired) electrons. The zero-order valence-corrected chi connectivity index (χ0v) is 7.96. The summed E-state index contributed by atoms with van der Waals surface area (Å²) in [6.07, 6.45) is 7.42. The Kier molecular flexibility index (Phi) is 2.28. The van der Waals surface area contributed by atoms with E-state index in [0.717, 1.165) is 11.3 Å². The summed E-state index contributed by atoms with van der Waals surface area (Å²) < 4.78 is 1.74. The van der Waals surface area contributed by atoms with Crippen molar-refractivity contribution < 1.29 is 0 Å². The summed E-state index contributed by atoms with van der Waals surface area (Å²) in [5, 5.41) is 4.30. The molecule has 0 spiro atoms. The maximum absolute atomic E-state index is 5.60. The molecule has 2 heterocycles. The molecule has 2 aromatic heterocycles. The van der Waals surface area contributed by atoms with E-state index < -0.39 is 0 Å². The monoisotopic (exact) mass is 188 g/mol. The van der Waals surface area contributed by atoms with Gasteiger partial charge in [-0.05, 0) is 19.1 Å². The van der Waals surface area contributed by atoms with Crippen molar-refractivity contribution >= 4 is 11.7 Å². The van der Waals surface area contributed by atoms with E-state index in [2.05, 4.69) is 10.1 Å². The average Bonchev–Trinajstić information content (AvgIpc) is 2.57. The standard InChI is InChI=1S/C10H12N4/c1-8(11)3-4-9-7-10-12-5-2-6-14(10)13-9/h2-8H,11H2,1H3/b4-3+. The highest BCUT2D eigenvalue weighted by molar-refractivity contribution is 5.52. The lowest BCUT2D eigenvalue weighted by Crippen LogP contribution is -2.09. The fraction of sp³-hybridized carbons (Fsp3) is 0.200. The highest BCUT2D eigenvalue weighted by Gasteiger charge is 1.97. The molecular weight excluding hydrogens is 176 g/mol. The van der Waals surface area contributed by atoms with Crippen molar-refractivity contribution in [1.82, 2.24) is 14.6 Å². The minimum absolute atomic E-state index is 0.0489. The first-order chi connectivity index (χ1) is 6.75. The fourth-order valence-electron chi connectivity index (χ4n) is 1.18. The topological polar surface area (TPSA) is 56.2 Å². The lowest BCUT2D eigenvalue weighted by molar-refractivity contribution is 0.920. The molecule has 0 amide bonds. The van der Waals surface area contributed by atoms with Gasteiger partial charge < -0.3 is 5.73 Å². The van der Waals surface area contributed by atoms with Crippen LogP contribution in [0.5, 0.6) is 0 Å². The third kappa shape index (κ3) is 1.80. The number of nitrogens with two attached hydrogens (primary N) is 1. The van der Waals surface area contributed by atoms with E-state index in [1.165, 1.54) is 0 Å². The number of fused-ring (bicyclic) bond motifs is 1. The first-order valence-corrected chi connectivity index (χ1v) is 4.50. The Morgan fingerprint density at radius 1 is 1.57 bits per heavy atom. The van der Waals surface area contributed by atoms with Gasteiger partial charge >= 0.3 is 0 Å². The van der Waals surface area contributed by atoms with Crippen LogP contribution in [0.3, 0.4) is 0 Å². The predicted octanol–water partition coefficient (Wildman–Crippen LogP) is 1.09. The molecule has 0 aromatic carbocycles. The van der Waals surface area contributed by atoms with Gasteiger partial charge in [0.25, 0.3) is 0 Å². The number of aromatic nitrogens is 3. The quantitative estimate of drug-likeness (QED) is 0.767. The van der Waals surface area contributed by atoms with Crippen LogP contribution < -0.4 is 5.73 Å². The summed E-state index contributed by atoms with van der Waals surface area (Å²) in [4.78, 5) is 4.16. The van der Waals surface area contributed by atoms with Gasteiger partial charge in [0, 0.05) is 24.5 Å². The van der Waals surface area contributed by atoms with Gasteiger partial charge in [-0.3, -0.25) is 0 Å². The third-order valence-corrected chi connectivity index (χ3v) is 1.83. The van der Waals surface area contributed by atoms with Crippen LogP contribution in [0.4, 0.5) is 0 Å². The number of hydrogen-bond acceptors (Lipinski definition) is 3. The smallest absolute Gasteiger partial charge is 0.155 e. The molecular formula is C10H12N4. The van der Waals surface area contributed by atoms with Gasteiger partial charge in [-0.15, -0.1) is 0 Å². The van der Waals surface area contributed by atoms with Crippen molar-refractivity contribution in [3.63, 3.8) is 0 Å². The van der Waals surface area contributed by atoms with Crippen molar-refractivity contribution in [2.45, 2.75) is 13.0 Å². The van der Waals surface area contributed by atoms with Gasteiger partial charge in [-0.1, -0.05) is 6.08 Å². The van der Waals surface area contributed by atoms with E-state index in [0.29, 0.717) is 0 Å². The molecule has 2 aromatic rings. The fourth-order valence-corrected chi connectivity index (χ4v) is 1.18. The maximum Gasteiger partial charge on any atom is 0.155 e. The molecule has 1 unspecified atom stereocenters. The molecule has 0 aliphatic carbocycles. The average molecular weight is 188 g/mol. The van der Waals surface area contributed by atoms with E-state index >= 15 is 0 Å². The molecule has 4 heteroatoms. The van der Waals surface area contributed by atoms with Crippen LogP contribution in [-0.4, -0.2) is 20.6 Å². The lowest BCUT2D eigenvalue weighted by Gasteiger charge is -1.91. The highest BCUT2D eigenvalue weighted by atomic mass is 15.2. The SMILES string of the molecule is CC(N)/C=C/c1cc2ncccn2n1. The summed E-state index contributed by atoms with van der Waals surface area (Å²) in [5.41, 5.74) is 7.32. The third-order valence-electron chi connectivity index (χ3n) is 1.83. The second kappa shape index (κ2) is 3.59. The Morgan fingerprint density at radius 2 is 2.43 bits per heavy atom. The van der Waals surface area contributed by atoms with Crippen LogP contribution in [0.15, 0.2) is 30.6 Å². The number of rotatable bonds is 2. The van der Waals surface area contributed by atoms with E-state index in [1.54, 1.807) is 10.7 Å². The van der Waals surface area contributed by atoms with Crippen LogP contribution in [-0.2, 0) is 0 Å². The van der Waals surface area contributed by atoms with Crippen molar-refractivity contribution in [2.24, 2.45) is 5.73 Å². The molecule has 1 atom stereocenters. The molecule has 0 fully saturated rings. The van der Waals surface area contributed by atoms with E-state index in [-0.39, 0.29) is 6.04 Å². The van der Waals surface area contributed by atoms with E-state index in [1.807, 2.05) is 37.4 Å². The molecule has 4 nitrogen and oxygen atoms in total. The normalized spacial score (nSPS) is 13.9. The second-order valence-corrected chi connectivity index (χ2v) is 3.21. The first-order valence-electron chi connectivity index (χ1n) is 4.50. The first kappa shape index (κ1) is 8.90. The summed E-state index contributed by atoms with van der Waals surface area (Å²) in [6.45, 7) is 1.92. The van der Waals surface area contributed by atoms with Gasteiger partial charge in [0.05, 0.1) is 5.69 Å². The zero-order valence-electron chi connectivity index (χ0n) is 7.96. The Balaban J connectivity index is 2.36. The summed E-state index contributed by atoms with van der Waals surface area (Å²) in [7, 11) is 0. The van der Waals surface area contributed by atoms with Gasteiger partial charge in [0.2, 0.25) is 0 Å². The van der Waals surface area contributed by atoms with E-state index in [4.69, 9.17) is 5.73 Å². The Labute approximate surface area is 82.1 Å². The van der Waals surface area contributed by atoms with Crippen molar-refractivity contribution in [3.05, 3.63) is 36.3 Å². The summed E-state index contributed by atoms with van der Waals surface area (Å²) in [6, 6.07) is 3.81. The summed E-state index contributed by atoms with van der Waals surface area (Å²) in [5.74, 6) is 0. The molecule has 72 valence electrons. The minimum atomic E-state index is 0.0489. The van der Waals surface area contributed by atoms with Gasteiger partial charge in [-0.2, -0.15) is 5.10 Å². The van der Waals surface area contributed by atoms with Crippen LogP contribution >= 0.6 is 0 Å². The maximum atomic E-state index is 5.60. The van der Waals surface area contributed by atoms with Crippen molar-refractivity contribution in [2.75, 3.05) is 0 Å². The summed E-state index contributed by atoms with van der Waals surface area (Å²) >= 11 is 0. The second-order valence-electron chi connectivity index (χ2n) is 3.21. The lowest BCUT2D eigenvalue weighted by atomic mass is 10.3. The van der Waals surface area contributed by atoms with Gasteiger partial charge in [0.15, 0.2) is 5.65 Å². The number of hydrogen-bond donors (Lipinski definition) is 1. The van der Waals surface area contributed by atoms with Gasteiger partial charge in [-0.25, -0.2) is 9.50 Å².